The second-order valence-corrected chi connectivity index (χ2v) is 6.26. The molecule has 14 heavy (non-hydrogen) atoms. The number of fused-ring (bicyclic) bond motifs is 1. The SMILES string of the molecule is O/N=C1\CC2CC3CC1CC(Cl)(C2)C3. The van der Waals surface area contributed by atoms with E-state index in [4.69, 9.17) is 16.8 Å². The van der Waals surface area contributed by atoms with Crippen molar-refractivity contribution >= 4 is 17.3 Å². The summed E-state index contributed by atoms with van der Waals surface area (Å²) in [5, 5.41) is 12.5. The summed E-state index contributed by atoms with van der Waals surface area (Å²) in [5.41, 5.74) is 1.03. The van der Waals surface area contributed by atoms with Crippen molar-refractivity contribution in [3.05, 3.63) is 0 Å². The lowest BCUT2D eigenvalue weighted by molar-refractivity contribution is 0.159. The highest BCUT2D eigenvalue weighted by Gasteiger charge is 2.49. The van der Waals surface area contributed by atoms with Gasteiger partial charge < -0.3 is 5.21 Å². The second kappa shape index (κ2) is 2.88. The van der Waals surface area contributed by atoms with E-state index in [1.807, 2.05) is 0 Å². The number of rotatable bonds is 0. The summed E-state index contributed by atoms with van der Waals surface area (Å²) < 4.78 is 0. The first kappa shape index (κ1) is 9.02. The summed E-state index contributed by atoms with van der Waals surface area (Å²) >= 11 is 6.62. The topological polar surface area (TPSA) is 32.6 Å². The van der Waals surface area contributed by atoms with Gasteiger partial charge >= 0.3 is 0 Å². The minimum absolute atomic E-state index is 0.0446. The average molecular weight is 214 g/mol. The van der Waals surface area contributed by atoms with E-state index in [1.165, 1.54) is 19.3 Å². The normalized spacial score (nSPS) is 53.8. The van der Waals surface area contributed by atoms with E-state index in [2.05, 4.69) is 5.16 Å². The fourth-order valence-electron chi connectivity index (χ4n) is 4.02. The molecule has 4 atom stereocenters. The molecule has 0 spiro atoms. The van der Waals surface area contributed by atoms with Crippen molar-refractivity contribution in [2.24, 2.45) is 22.9 Å². The van der Waals surface area contributed by atoms with Gasteiger partial charge in [0.2, 0.25) is 0 Å². The predicted octanol–water partition coefficient (Wildman–Crippen LogP) is 3.02. The summed E-state index contributed by atoms with van der Waals surface area (Å²) in [7, 11) is 0. The van der Waals surface area contributed by atoms with Crippen molar-refractivity contribution in [1.29, 1.82) is 0 Å². The van der Waals surface area contributed by atoms with E-state index in [9.17, 15) is 0 Å². The van der Waals surface area contributed by atoms with Gasteiger partial charge in [0.1, 0.15) is 0 Å². The fourth-order valence-corrected chi connectivity index (χ4v) is 4.65. The molecule has 78 valence electrons. The predicted molar refractivity (Wildman–Crippen MR) is 56.0 cm³/mol. The van der Waals surface area contributed by atoms with Crippen molar-refractivity contribution < 1.29 is 5.21 Å². The molecule has 1 N–H and O–H groups in total. The van der Waals surface area contributed by atoms with Crippen LogP contribution in [0.4, 0.5) is 0 Å². The first-order valence-corrected chi connectivity index (χ1v) is 5.96. The fraction of sp³-hybridized carbons (Fsp3) is 0.909. The average Bonchev–Trinajstić information content (AvgIpc) is 2.26. The molecule has 0 heterocycles. The smallest absolute Gasteiger partial charge is 0.0605 e. The summed E-state index contributed by atoms with van der Waals surface area (Å²) in [6, 6.07) is 0. The molecule has 0 saturated heterocycles. The molecule has 4 unspecified atom stereocenters. The number of alkyl halides is 1. The van der Waals surface area contributed by atoms with Crippen LogP contribution in [-0.4, -0.2) is 15.8 Å². The van der Waals surface area contributed by atoms with Crippen molar-refractivity contribution in [3.8, 4) is 0 Å². The van der Waals surface area contributed by atoms with Crippen molar-refractivity contribution in [1.82, 2.24) is 0 Å². The van der Waals surface area contributed by atoms with Gasteiger partial charge in [-0.15, -0.1) is 11.6 Å². The van der Waals surface area contributed by atoms with E-state index in [1.54, 1.807) is 0 Å². The zero-order valence-corrected chi connectivity index (χ0v) is 9.00. The van der Waals surface area contributed by atoms with E-state index in [0.29, 0.717) is 11.8 Å². The largest absolute Gasteiger partial charge is 0.411 e. The zero-order valence-electron chi connectivity index (χ0n) is 8.25. The Balaban J connectivity index is 1.99. The van der Waals surface area contributed by atoms with Crippen LogP contribution in [0.1, 0.15) is 38.5 Å². The molecule has 0 aromatic heterocycles. The number of halogens is 1. The molecule has 0 radical (unpaired) electrons. The van der Waals surface area contributed by atoms with Crippen molar-refractivity contribution in [2.75, 3.05) is 0 Å². The van der Waals surface area contributed by atoms with E-state index in [0.717, 1.165) is 30.9 Å². The Hall–Kier alpha value is -0.240. The van der Waals surface area contributed by atoms with Gasteiger partial charge in [0.15, 0.2) is 0 Å². The Morgan fingerprint density at radius 3 is 2.71 bits per heavy atom. The van der Waals surface area contributed by atoms with Crippen LogP contribution in [0.3, 0.4) is 0 Å². The van der Waals surface area contributed by atoms with Crippen LogP contribution in [0.5, 0.6) is 0 Å². The molecule has 4 rings (SSSR count). The number of hydrogen-bond donors (Lipinski definition) is 1. The Morgan fingerprint density at radius 1 is 1.21 bits per heavy atom. The summed E-state index contributed by atoms with van der Waals surface area (Å²) in [4.78, 5) is 0.0446. The molecule has 4 aliphatic carbocycles. The Morgan fingerprint density at radius 2 is 2.00 bits per heavy atom. The van der Waals surface area contributed by atoms with Gasteiger partial charge in [-0.2, -0.15) is 0 Å². The van der Waals surface area contributed by atoms with Crippen LogP contribution in [0.2, 0.25) is 0 Å². The molecule has 4 aliphatic rings. The molecule has 4 fully saturated rings. The third-order valence-corrected chi connectivity index (χ3v) is 4.77. The molecule has 2 nitrogen and oxygen atoms in total. The number of hydrogen-bond acceptors (Lipinski definition) is 2. The number of oxime groups is 1. The lowest BCUT2D eigenvalue weighted by Crippen LogP contribution is -2.39. The van der Waals surface area contributed by atoms with Gasteiger partial charge in [-0.05, 0) is 50.4 Å². The lowest BCUT2D eigenvalue weighted by atomic mass is 9.67. The zero-order chi connectivity index (χ0) is 9.76. The van der Waals surface area contributed by atoms with E-state index in [-0.39, 0.29) is 4.87 Å². The Bertz CT molecular complexity index is 291. The van der Waals surface area contributed by atoms with Gasteiger partial charge in [0.05, 0.1) is 5.71 Å². The molecule has 3 heteroatoms. The van der Waals surface area contributed by atoms with Gasteiger partial charge in [0.25, 0.3) is 0 Å². The standard InChI is InChI=1S/C11H16ClNO/c12-11-4-7-1-8(5-11)3-10(13-14)9(2-7)6-11/h7-9,14H,1-6H2/b13-10+. The third kappa shape index (κ3) is 1.27. The molecule has 0 amide bonds. The quantitative estimate of drug-likeness (QED) is 0.375. The molecule has 0 aliphatic heterocycles. The molecule has 4 saturated carbocycles. The maximum atomic E-state index is 8.99. The van der Waals surface area contributed by atoms with Crippen molar-refractivity contribution in [3.63, 3.8) is 0 Å². The summed E-state index contributed by atoms with van der Waals surface area (Å²) in [6.07, 6.45) is 6.89. The molecule has 0 aromatic carbocycles. The highest BCUT2D eigenvalue weighted by atomic mass is 35.5. The highest BCUT2D eigenvalue weighted by molar-refractivity contribution is 6.24. The van der Waals surface area contributed by atoms with Crippen LogP contribution in [0.15, 0.2) is 5.16 Å². The second-order valence-electron chi connectivity index (χ2n) is 5.46. The Kier molecular flexibility index (Phi) is 1.85. The van der Waals surface area contributed by atoms with Gasteiger partial charge in [-0.1, -0.05) is 5.16 Å². The van der Waals surface area contributed by atoms with E-state index >= 15 is 0 Å². The molecular formula is C11H16ClNO. The minimum atomic E-state index is 0.0446. The molecular weight excluding hydrogens is 198 g/mol. The van der Waals surface area contributed by atoms with Crippen LogP contribution < -0.4 is 0 Å². The molecule has 0 aromatic rings. The van der Waals surface area contributed by atoms with Gasteiger partial charge in [0, 0.05) is 10.8 Å². The maximum absolute atomic E-state index is 8.99. The van der Waals surface area contributed by atoms with Crippen LogP contribution in [-0.2, 0) is 0 Å². The first-order valence-electron chi connectivity index (χ1n) is 5.58. The Labute approximate surface area is 89.3 Å². The monoisotopic (exact) mass is 213 g/mol. The highest BCUT2D eigenvalue weighted by Crippen LogP contribution is 2.55. The third-order valence-electron chi connectivity index (χ3n) is 4.30. The van der Waals surface area contributed by atoms with Gasteiger partial charge in [-0.25, -0.2) is 0 Å². The van der Waals surface area contributed by atoms with E-state index < -0.39 is 0 Å². The first-order chi connectivity index (χ1) is 6.68. The minimum Gasteiger partial charge on any atom is -0.411 e. The molecule has 4 bridgehead atoms. The van der Waals surface area contributed by atoms with Crippen LogP contribution in [0.25, 0.3) is 0 Å². The van der Waals surface area contributed by atoms with Gasteiger partial charge in [-0.3, -0.25) is 0 Å². The van der Waals surface area contributed by atoms with Crippen LogP contribution in [0, 0.1) is 17.8 Å². The van der Waals surface area contributed by atoms with Crippen LogP contribution >= 0.6 is 11.6 Å². The number of nitrogens with zero attached hydrogens (tertiary/aromatic N) is 1. The lowest BCUT2D eigenvalue weighted by Gasteiger charge is -2.44. The summed E-state index contributed by atoms with van der Waals surface area (Å²) in [5.74, 6) is 1.96. The maximum Gasteiger partial charge on any atom is 0.0605 e. The summed E-state index contributed by atoms with van der Waals surface area (Å²) in [6.45, 7) is 0. The van der Waals surface area contributed by atoms with Crippen molar-refractivity contribution in [2.45, 2.75) is 43.4 Å².